The lowest BCUT2D eigenvalue weighted by Crippen LogP contribution is -2.50. The van der Waals surface area contributed by atoms with Crippen molar-refractivity contribution in [1.29, 1.82) is 0 Å². The molecule has 1 heterocycles. The van der Waals surface area contributed by atoms with E-state index in [9.17, 15) is 17.9 Å². The van der Waals surface area contributed by atoms with E-state index in [-0.39, 0.29) is 5.75 Å². The number of hydrogen-bond donors (Lipinski definition) is 1. The standard InChI is InChI=1S/C14H21FN2O3S/c1-12(18)10-16-5-7-17(8-6-16)21(19,20)11-13-3-2-4-14(15)9-13/h2-4,9,12,18H,5-8,10-11H2,1H3/t12-/m0/s1. The van der Waals surface area contributed by atoms with Gasteiger partial charge in [-0.2, -0.15) is 4.31 Å². The van der Waals surface area contributed by atoms with E-state index in [1.807, 2.05) is 4.90 Å². The summed E-state index contributed by atoms with van der Waals surface area (Å²) < 4.78 is 39.2. The molecule has 1 aliphatic heterocycles. The maximum absolute atomic E-state index is 13.1. The fourth-order valence-electron chi connectivity index (χ4n) is 2.49. The number of aliphatic hydroxyl groups is 1. The molecular weight excluding hydrogens is 295 g/mol. The second-order valence-corrected chi connectivity index (χ2v) is 7.40. The van der Waals surface area contributed by atoms with Gasteiger partial charge in [-0.3, -0.25) is 4.90 Å². The Bertz CT molecular complexity index is 569. The van der Waals surface area contributed by atoms with Gasteiger partial charge in [0.1, 0.15) is 5.82 Å². The van der Waals surface area contributed by atoms with Gasteiger partial charge in [0, 0.05) is 32.7 Å². The fourth-order valence-corrected chi connectivity index (χ4v) is 4.00. The molecule has 0 bridgehead atoms. The third-order valence-corrected chi connectivity index (χ3v) is 5.34. The van der Waals surface area contributed by atoms with E-state index in [1.54, 1.807) is 13.0 Å². The lowest BCUT2D eigenvalue weighted by molar-refractivity contribution is 0.103. The number of nitrogens with zero attached hydrogens (tertiary/aromatic N) is 2. The van der Waals surface area contributed by atoms with E-state index in [0.717, 1.165) is 0 Å². The van der Waals surface area contributed by atoms with Crippen LogP contribution in [-0.4, -0.2) is 61.6 Å². The first-order valence-electron chi connectivity index (χ1n) is 6.99. The first-order valence-corrected chi connectivity index (χ1v) is 8.60. The molecule has 1 atom stereocenters. The van der Waals surface area contributed by atoms with Crippen LogP contribution in [0.5, 0.6) is 0 Å². The van der Waals surface area contributed by atoms with Crippen LogP contribution < -0.4 is 0 Å². The number of β-amino-alcohol motifs (C(OH)–C–C–N with tert-alkyl or cyclic N) is 1. The topological polar surface area (TPSA) is 60.9 Å². The summed E-state index contributed by atoms with van der Waals surface area (Å²) in [5, 5.41) is 9.34. The lowest BCUT2D eigenvalue weighted by Gasteiger charge is -2.34. The predicted octanol–water partition coefficient (Wildman–Crippen LogP) is 0.654. The van der Waals surface area contributed by atoms with E-state index in [1.165, 1.54) is 22.5 Å². The van der Waals surface area contributed by atoms with Gasteiger partial charge in [-0.1, -0.05) is 12.1 Å². The average molecular weight is 316 g/mol. The van der Waals surface area contributed by atoms with E-state index in [2.05, 4.69) is 0 Å². The van der Waals surface area contributed by atoms with Crippen LogP contribution in [0.3, 0.4) is 0 Å². The molecule has 1 N–H and O–H groups in total. The Balaban J connectivity index is 1.95. The normalized spacial score (nSPS) is 19.6. The number of rotatable bonds is 5. The summed E-state index contributed by atoms with van der Waals surface area (Å²) in [5.41, 5.74) is 0.460. The number of piperazine rings is 1. The number of aliphatic hydroxyl groups excluding tert-OH is 1. The number of halogens is 1. The first kappa shape index (κ1) is 16.4. The molecule has 7 heteroatoms. The molecule has 0 radical (unpaired) electrons. The highest BCUT2D eigenvalue weighted by Crippen LogP contribution is 2.14. The Morgan fingerprint density at radius 2 is 1.95 bits per heavy atom. The van der Waals surface area contributed by atoms with Gasteiger partial charge >= 0.3 is 0 Å². The maximum Gasteiger partial charge on any atom is 0.218 e. The minimum absolute atomic E-state index is 0.179. The summed E-state index contributed by atoms with van der Waals surface area (Å²) >= 11 is 0. The first-order chi connectivity index (χ1) is 9.87. The van der Waals surface area contributed by atoms with Gasteiger partial charge in [0.05, 0.1) is 11.9 Å². The Kier molecular flexibility index (Phi) is 5.32. The smallest absolute Gasteiger partial charge is 0.218 e. The molecule has 0 saturated carbocycles. The Hall–Kier alpha value is -1.02. The summed E-state index contributed by atoms with van der Waals surface area (Å²) in [7, 11) is -3.43. The summed E-state index contributed by atoms with van der Waals surface area (Å²) in [6, 6.07) is 5.68. The molecule has 1 aliphatic rings. The van der Waals surface area contributed by atoms with Crippen molar-refractivity contribution in [2.45, 2.75) is 18.8 Å². The Morgan fingerprint density at radius 3 is 2.52 bits per heavy atom. The Morgan fingerprint density at radius 1 is 1.29 bits per heavy atom. The average Bonchev–Trinajstić information content (AvgIpc) is 2.38. The second kappa shape index (κ2) is 6.83. The predicted molar refractivity (Wildman–Crippen MR) is 78.7 cm³/mol. The van der Waals surface area contributed by atoms with Gasteiger partial charge in [0.15, 0.2) is 0 Å². The zero-order chi connectivity index (χ0) is 15.5. The third-order valence-electron chi connectivity index (χ3n) is 3.49. The van der Waals surface area contributed by atoms with Crippen molar-refractivity contribution in [2.75, 3.05) is 32.7 Å². The van der Waals surface area contributed by atoms with Gasteiger partial charge < -0.3 is 5.11 Å². The van der Waals surface area contributed by atoms with Gasteiger partial charge in [0.25, 0.3) is 0 Å². The zero-order valence-corrected chi connectivity index (χ0v) is 12.9. The molecule has 1 fully saturated rings. The summed E-state index contributed by atoms with van der Waals surface area (Å²) in [6.07, 6.45) is -0.416. The van der Waals surface area contributed by atoms with Crippen LogP contribution in [0.2, 0.25) is 0 Å². The highest BCUT2D eigenvalue weighted by molar-refractivity contribution is 7.88. The maximum atomic E-state index is 13.1. The molecule has 0 amide bonds. The van der Waals surface area contributed by atoms with Crippen molar-refractivity contribution >= 4 is 10.0 Å². The lowest BCUT2D eigenvalue weighted by atomic mass is 10.2. The molecule has 1 aromatic rings. The molecule has 1 aromatic carbocycles. The highest BCUT2D eigenvalue weighted by Gasteiger charge is 2.27. The minimum Gasteiger partial charge on any atom is -0.392 e. The quantitative estimate of drug-likeness (QED) is 0.867. The number of hydrogen-bond acceptors (Lipinski definition) is 4. The monoisotopic (exact) mass is 316 g/mol. The van der Waals surface area contributed by atoms with Crippen LogP contribution in [0, 0.1) is 5.82 Å². The van der Waals surface area contributed by atoms with Crippen LogP contribution in [0.25, 0.3) is 0 Å². The summed E-state index contributed by atoms with van der Waals surface area (Å²) in [6.45, 7) is 4.29. The van der Waals surface area contributed by atoms with Gasteiger partial charge in [-0.05, 0) is 24.6 Å². The number of sulfonamides is 1. The molecule has 0 spiro atoms. The molecule has 21 heavy (non-hydrogen) atoms. The van der Waals surface area contributed by atoms with Crippen molar-refractivity contribution < 1.29 is 17.9 Å². The van der Waals surface area contributed by atoms with Crippen LogP contribution in [-0.2, 0) is 15.8 Å². The highest BCUT2D eigenvalue weighted by atomic mass is 32.2. The SMILES string of the molecule is C[C@H](O)CN1CCN(S(=O)(=O)Cc2cccc(F)c2)CC1. The van der Waals surface area contributed by atoms with Crippen molar-refractivity contribution in [1.82, 2.24) is 9.21 Å². The second-order valence-electron chi connectivity index (χ2n) is 5.43. The van der Waals surface area contributed by atoms with Crippen LogP contribution in [0.15, 0.2) is 24.3 Å². The third kappa shape index (κ3) is 4.74. The van der Waals surface area contributed by atoms with E-state index in [4.69, 9.17) is 0 Å². The summed E-state index contributed by atoms with van der Waals surface area (Å²) in [5.74, 6) is -0.606. The molecule has 118 valence electrons. The molecule has 2 rings (SSSR count). The van der Waals surface area contributed by atoms with Crippen LogP contribution in [0.4, 0.5) is 4.39 Å². The van der Waals surface area contributed by atoms with Gasteiger partial charge in [-0.25, -0.2) is 12.8 Å². The van der Waals surface area contributed by atoms with Crippen LogP contribution >= 0.6 is 0 Å². The van der Waals surface area contributed by atoms with Gasteiger partial charge in [0.2, 0.25) is 10.0 Å². The number of benzene rings is 1. The largest absolute Gasteiger partial charge is 0.392 e. The Labute approximate surface area is 125 Å². The van der Waals surface area contributed by atoms with E-state index >= 15 is 0 Å². The molecule has 0 aliphatic carbocycles. The van der Waals surface area contributed by atoms with E-state index < -0.39 is 21.9 Å². The molecule has 0 unspecified atom stereocenters. The van der Waals surface area contributed by atoms with Crippen molar-refractivity contribution in [3.05, 3.63) is 35.6 Å². The van der Waals surface area contributed by atoms with Gasteiger partial charge in [-0.15, -0.1) is 0 Å². The molecule has 5 nitrogen and oxygen atoms in total. The van der Waals surface area contributed by atoms with Crippen molar-refractivity contribution in [3.63, 3.8) is 0 Å². The van der Waals surface area contributed by atoms with Crippen molar-refractivity contribution in [3.8, 4) is 0 Å². The van der Waals surface area contributed by atoms with Crippen molar-refractivity contribution in [2.24, 2.45) is 0 Å². The molecule has 0 aromatic heterocycles. The molecule has 1 saturated heterocycles. The van der Waals surface area contributed by atoms with E-state index in [0.29, 0.717) is 38.3 Å². The zero-order valence-electron chi connectivity index (χ0n) is 12.1. The fraction of sp³-hybridized carbons (Fsp3) is 0.571. The molecular formula is C14H21FN2O3S. The minimum atomic E-state index is -3.43. The van der Waals surface area contributed by atoms with Crippen LogP contribution in [0.1, 0.15) is 12.5 Å². The summed E-state index contributed by atoms with van der Waals surface area (Å²) in [4.78, 5) is 2.04.